The van der Waals surface area contributed by atoms with E-state index in [0.717, 1.165) is 68.9 Å². The summed E-state index contributed by atoms with van der Waals surface area (Å²) in [5.41, 5.74) is 9.96. The lowest BCUT2D eigenvalue weighted by Gasteiger charge is -2.34. The predicted molar refractivity (Wildman–Crippen MR) is 170 cm³/mol. The molecule has 0 atom stereocenters. The Morgan fingerprint density at radius 3 is 2.16 bits per heavy atom. The average molecular weight is 601 g/mol. The van der Waals surface area contributed by atoms with E-state index in [-0.39, 0.29) is 23.1 Å². The monoisotopic (exact) mass is 600 g/mol. The molecule has 0 saturated carbocycles. The van der Waals surface area contributed by atoms with Gasteiger partial charge in [-0.25, -0.2) is 4.79 Å². The van der Waals surface area contributed by atoms with Gasteiger partial charge in [0, 0.05) is 57.4 Å². The van der Waals surface area contributed by atoms with Crippen molar-refractivity contribution < 1.29 is 23.7 Å². The van der Waals surface area contributed by atoms with Crippen molar-refractivity contribution in [3.63, 3.8) is 0 Å². The molecule has 3 aromatic heterocycles. The molecule has 3 aliphatic heterocycles. The van der Waals surface area contributed by atoms with Gasteiger partial charge in [-0.15, -0.1) is 0 Å². The normalized spacial score (nSPS) is 20.3. The summed E-state index contributed by atoms with van der Waals surface area (Å²) in [7, 11) is 1.69. The first-order valence-electron chi connectivity index (χ1n) is 15.7. The molecule has 3 aromatic rings. The number of methoxy groups -OCH3 is 1. The highest BCUT2D eigenvalue weighted by Crippen LogP contribution is 2.44. The highest BCUT2D eigenvalue weighted by atomic mass is 16.9. The van der Waals surface area contributed by atoms with Gasteiger partial charge in [0.2, 0.25) is 0 Å². The van der Waals surface area contributed by atoms with E-state index >= 15 is 0 Å². The fraction of sp³-hybridized carbons (Fsp3) is 0.514. The third-order valence-corrected chi connectivity index (χ3v) is 9.10. The molecular formula is C35H44N4O5. The summed E-state index contributed by atoms with van der Waals surface area (Å²) in [5.74, 6) is 0.342. The van der Waals surface area contributed by atoms with Crippen molar-refractivity contribution in [1.29, 1.82) is 0 Å². The second-order valence-electron chi connectivity index (χ2n) is 13.2. The van der Waals surface area contributed by atoms with Crippen LogP contribution in [0.15, 0.2) is 18.2 Å². The van der Waals surface area contributed by atoms with Crippen LogP contribution in [0.2, 0.25) is 0 Å². The van der Waals surface area contributed by atoms with Crippen LogP contribution >= 0.6 is 0 Å². The van der Waals surface area contributed by atoms with Gasteiger partial charge in [0.05, 0.1) is 36.0 Å². The number of fused-ring (bicyclic) bond motifs is 8. The maximum absolute atomic E-state index is 13.3. The average Bonchev–Trinajstić information content (AvgIpc) is 3.63. The minimum Gasteiger partial charge on any atom is -0.493 e. The van der Waals surface area contributed by atoms with E-state index in [1.54, 1.807) is 7.11 Å². The van der Waals surface area contributed by atoms with E-state index in [2.05, 4.69) is 63.6 Å². The van der Waals surface area contributed by atoms with Gasteiger partial charge in [-0.1, -0.05) is 41.5 Å². The molecule has 2 N–H and O–H groups in total. The van der Waals surface area contributed by atoms with Crippen LogP contribution < -0.4 is 4.74 Å². The van der Waals surface area contributed by atoms with Gasteiger partial charge in [0.15, 0.2) is 18.3 Å². The summed E-state index contributed by atoms with van der Waals surface area (Å²) in [5, 5.41) is 0. The molecule has 1 fully saturated rings. The van der Waals surface area contributed by atoms with Crippen LogP contribution in [-0.4, -0.2) is 45.9 Å². The largest absolute Gasteiger partial charge is 0.493 e. The highest BCUT2D eigenvalue weighted by Gasteiger charge is 2.37. The van der Waals surface area contributed by atoms with Gasteiger partial charge in [0.25, 0.3) is 0 Å². The molecule has 0 aromatic carbocycles. The van der Waals surface area contributed by atoms with E-state index in [9.17, 15) is 4.79 Å². The Morgan fingerprint density at radius 2 is 1.55 bits per heavy atom. The van der Waals surface area contributed by atoms with Crippen LogP contribution in [0.4, 0.5) is 0 Å². The number of H-pyrrole nitrogens is 2. The molecule has 9 nitrogen and oxygen atoms in total. The molecule has 0 spiro atoms. The first-order valence-corrected chi connectivity index (χ1v) is 15.7. The zero-order chi connectivity index (χ0) is 31.6. The lowest BCUT2D eigenvalue weighted by molar-refractivity contribution is -0.382. The Labute approximate surface area is 258 Å². The van der Waals surface area contributed by atoms with E-state index in [0.29, 0.717) is 36.3 Å². The fourth-order valence-corrected chi connectivity index (χ4v) is 6.83. The lowest BCUT2D eigenvalue weighted by Crippen LogP contribution is -2.32. The number of rotatable bonds is 6. The van der Waals surface area contributed by atoms with Crippen molar-refractivity contribution in [3.05, 3.63) is 63.2 Å². The second-order valence-corrected chi connectivity index (χ2v) is 13.2. The number of ether oxygens (including phenoxy) is 4. The summed E-state index contributed by atoms with van der Waals surface area (Å²) in [4.78, 5) is 30.9. The summed E-state index contributed by atoms with van der Waals surface area (Å²) in [6, 6.07) is 6.23. The van der Waals surface area contributed by atoms with Crippen molar-refractivity contribution in [1.82, 2.24) is 19.9 Å². The third kappa shape index (κ3) is 5.00. The molecule has 9 heteroatoms. The zero-order valence-electron chi connectivity index (χ0n) is 27.4. The molecule has 3 aliphatic rings. The first-order chi connectivity index (χ1) is 20.9. The number of carbonyl (C=O) groups is 1. The molecule has 0 radical (unpaired) electrons. The zero-order valence-corrected chi connectivity index (χ0v) is 27.4. The Balaban J connectivity index is 1.79. The van der Waals surface area contributed by atoms with Crippen molar-refractivity contribution in [3.8, 4) is 5.75 Å². The number of nitrogens with zero attached hydrogens (tertiary/aromatic N) is 2. The Bertz CT molecular complexity index is 1790. The fourth-order valence-electron chi connectivity index (χ4n) is 6.83. The number of esters is 1. The molecule has 0 amide bonds. The van der Waals surface area contributed by atoms with Crippen molar-refractivity contribution >= 4 is 28.0 Å². The highest BCUT2D eigenvalue weighted by molar-refractivity contribution is 6.02. The maximum atomic E-state index is 13.3. The van der Waals surface area contributed by atoms with Crippen LogP contribution in [0.1, 0.15) is 112 Å². The minimum absolute atomic E-state index is 0.232. The van der Waals surface area contributed by atoms with Gasteiger partial charge in [-0.2, -0.15) is 0 Å². The Morgan fingerprint density at radius 1 is 0.909 bits per heavy atom. The molecular weight excluding hydrogens is 556 g/mol. The number of carbonyl (C=O) groups excluding carboxylic acids is 1. The molecule has 1 saturated heterocycles. The van der Waals surface area contributed by atoms with Gasteiger partial charge < -0.3 is 28.9 Å². The number of nitrogens with one attached hydrogen (secondary N) is 2. The molecule has 6 heterocycles. The predicted octanol–water partition coefficient (Wildman–Crippen LogP) is 7.06. The van der Waals surface area contributed by atoms with Crippen molar-refractivity contribution in [2.75, 3.05) is 13.7 Å². The summed E-state index contributed by atoms with van der Waals surface area (Å²) < 4.78 is 23.8. The van der Waals surface area contributed by atoms with E-state index < -0.39 is 6.29 Å². The Kier molecular flexibility index (Phi) is 7.61. The quantitative estimate of drug-likeness (QED) is 0.292. The number of aryl methyl sites for hydroxylation is 2. The van der Waals surface area contributed by atoms with Gasteiger partial charge >= 0.3 is 5.97 Å². The molecule has 0 aliphatic carbocycles. The van der Waals surface area contributed by atoms with Gasteiger partial charge in [-0.05, 0) is 56.0 Å². The maximum Gasteiger partial charge on any atom is 0.340 e. The SMILES string of the molecule is CCOC(=O)c1c(CC)c2cc3nc(c(OC)c4[nH]c(cc5nc(cc1[nH]2)CC5(C)C)c(CC)c4C1OC(C)O1)CC3(C)C. The van der Waals surface area contributed by atoms with Crippen LogP contribution in [0, 0.1) is 0 Å². The van der Waals surface area contributed by atoms with Crippen LogP contribution in [-0.2, 0) is 50.7 Å². The lowest BCUT2D eigenvalue weighted by atomic mass is 9.86. The standard InChI is InChI=1S/C35H44N4O5/c1-10-20-22-14-27-35(7,8)17-25(38-27)31(41-9)30-29(33-43-18(4)44-33)21(11-2)23(39-30)15-26-34(5,6)16-19(36-26)13-24(37-22)28(20)32(40)42-12-3/h13-15,18,33,37,39H,10-12,16-17H2,1-9H3. The molecule has 6 rings (SSSR count). The molecule has 0 unspecified atom stereocenters. The van der Waals surface area contributed by atoms with E-state index in [1.165, 1.54) is 0 Å². The van der Waals surface area contributed by atoms with Gasteiger partial charge in [-0.3, -0.25) is 9.97 Å². The van der Waals surface area contributed by atoms with Crippen molar-refractivity contribution in [2.24, 2.45) is 0 Å². The molecule has 234 valence electrons. The topological polar surface area (TPSA) is 111 Å². The Hall–Kier alpha value is -3.69. The summed E-state index contributed by atoms with van der Waals surface area (Å²) in [6.45, 7) is 17.0. The summed E-state index contributed by atoms with van der Waals surface area (Å²) >= 11 is 0. The van der Waals surface area contributed by atoms with Crippen LogP contribution in [0.5, 0.6) is 5.75 Å². The smallest absolute Gasteiger partial charge is 0.340 e. The second kappa shape index (κ2) is 11.0. The van der Waals surface area contributed by atoms with Crippen LogP contribution in [0.3, 0.4) is 0 Å². The molecule has 44 heavy (non-hydrogen) atoms. The molecule has 8 bridgehead atoms. The third-order valence-electron chi connectivity index (χ3n) is 9.10. The number of aromatic amines is 2. The van der Waals surface area contributed by atoms with Crippen LogP contribution in [0.25, 0.3) is 22.1 Å². The number of hydrogen-bond donors (Lipinski definition) is 2. The van der Waals surface area contributed by atoms with Gasteiger partial charge in [0.1, 0.15) is 0 Å². The first kappa shape index (κ1) is 30.3. The van der Waals surface area contributed by atoms with E-state index in [4.69, 9.17) is 28.9 Å². The number of aromatic nitrogens is 4. The number of hydrogen-bond acceptors (Lipinski definition) is 7. The minimum atomic E-state index is -0.495. The van der Waals surface area contributed by atoms with Crippen molar-refractivity contribution in [2.45, 2.75) is 104 Å². The van der Waals surface area contributed by atoms with E-state index in [1.807, 2.05) is 19.9 Å². The summed E-state index contributed by atoms with van der Waals surface area (Å²) in [6.07, 6.45) is 2.05.